The van der Waals surface area contributed by atoms with Gasteiger partial charge in [0.2, 0.25) is 0 Å². The fourth-order valence-corrected chi connectivity index (χ4v) is 3.11. The highest BCUT2D eigenvalue weighted by Gasteiger charge is 2.38. The molecule has 0 bridgehead atoms. The number of alkyl halides is 6. The summed E-state index contributed by atoms with van der Waals surface area (Å²) < 4.78 is 68.9. The Labute approximate surface area is 205 Å². The van der Waals surface area contributed by atoms with E-state index in [0.29, 0.717) is 0 Å². The Hall–Kier alpha value is -4.01. The number of hydrogen-bond donors (Lipinski definition) is 2. The van der Waals surface area contributed by atoms with Gasteiger partial charge in [0.05, 0.1) is 18.5 Å². The van der Waals surface area contributed by atoms with Gasteiger partial charge in [-0.15, -0.1) is 0 Å². The number of halogens is 6. The highest BCUT2D eigenvalue weighted by molar-refractivity contribution is 5.73. The average Bonchev–Trinajstić information content (AvgIpc) is 3.25. The Morgan fingerprint density at radius 3 is 2.00 bits per heavy atom. The highest BCUT2D eigenvalue weighted by Crippen LogP contribution is 2.25. The van der Waals surface area contributed by atoms with E-state index in [1.54, 1.807) is 12.6 Å². The summed E-state index contributed by atoms with van der Waals surface area (Å²) in [4.78, 5) is 33.3. The molecular weight excluding hydrogens is 514 g/mol. The number of pyridine rings is 1. The molecule has 1 aliphatic heterocycles. The van der Waals surface area contributed by atoms with E-state index < -0.39 is 24.3 Å². The number of fused-ring (bicyclic) bond motifs is 1. The molecule has 200 valence electrons. The van der Waals surface area contributed by atoms with Crippen molar-refractivity contribution < 1.29 is 50.6 Å². The molecule has 1 aliphatic rings. The zero-order valence-electron chi connectivity index (χ0n) is 18.8. The number of furan rings is 1. The summed E-state index contributed by atoms with van der Waals surface area (Å²) >= 11 is 0. The van der Waals surface area contributed by atoms with Crippen LogP contribution in [0.1, 0.15) is 17.0 Å². The van der Waals surface area contributed by atoms with Crippen molar-refractivity contribution in [3.63, 3.8) is 0 Å². The van der Waals surface area contributed by atoms with Gasteiger partial charge in [-0.05, 0) is 30.7 Å². The first-order valence-electron chi connectivity index (χ1n) is 10.4. The Morgan fingerprint density at radius 1 is 0.919 bits per heavy atom. The van der Waals surface area contributed by atoms with Crippen molar-refractivity contribution in [2.45, 2.75) is 31.7 Å². The van der Waals surface area contributed by atoms with Crippen LogP contribution in [0.25, 0.3) is 11.3 Å². The molecule has 37 heavy (non-hydrogen) atoms. The standard InChI is InChI=1S/C18H18N4O.2C2HF3O2/c1-2-15(23-11-1)12-22-9-5-16-17(6-10-22)20-13-21-18(16)14-3-7-19-8-4-14;2*3-2(4,5)1(6)7/h1-4,7-8,11,13H,5-6,9-10,12H2;2*(H,6,7). The molecule has 0 fully saturated rings. The van der Waals surface area contributed by atoms with E-state index in [-0.39, 0.29) is 0 Å². The maximum Gasteiger partial charge on any atom is 0.490 e. The molecule has 4 heterocycles. The first kappa shape index (κ1) is 29.2. The third-order valence-corrected chi connectivity index (χ3v) is 4.78. The molecule has 15 heteroatoms. The van der Waals surface area contributed by atoms with E-state index >= 15 is 0 Å². The van der Waals surface area contributed by atoms with E-state index in [0.717, 1.165) is 55.2 Å². The normalized spacial score (nSPS) is 13.7. The summed E-state index contributed by atoms with van der Waals surface area (Å²) in [6.07, 6.45) is -1.25. The summed E-state index contributed by atoms with van der Waals surface area (Å²) in [7, 11) is 0. The SMILES string of the molecule is O=C(O)C(F)(F)F.O=C(O)C(F)(F)F.c1coc(CN2CCc3ncnc(-c4ccncc4)c3CC2)c1. The van der Waals surface area contributed by atoms with Crippen molar-refractivity contribution in [1.29, 1.82) is 0 Å². The fourth-order valence-electron chi connectivity index (χ4n) is 3.11. The predicted octanol–water partition coefficient (Wildman–Crippen LogP) is 4.00. The molecule has 0 amide bonds. The molecule has 0 radical (unpaired) electrons. The maximum absolute atomic E-state index is 10.6. The number of carboxylic acids is 2. The van der Waals surface area contributed by atoms with Crippen LogP contribution in [-0.2, 0) is 29.0 Å². The molecule has 3 aromatic heterocycles. The largest absolute Gasteiger partial charge is 0.490 e. The third kappa shape index (κ3) is 9.51. The minimum Gasteiger partial charge on any atom is -0.475 e. The van der Waals surface area contributed by atoms with Gasteiger partial charge in [0.1, 0.15) is 12.1 Å². The Bertz CT molecular complexity index is 1130. The van der Waals surface area contributed by atoms with Gasteiger partial charge < -0.3 is 14.6 Å². The van der Waals surface area contributed by atoms with Gasteiger partial charge in [-0.2, -0.15) is 26.3 Å². The number of carboxylic acid groups (broad SMARTS) is 2. The maximum atomic E-state index is 10.6. The lowest BCUT2D eigenvalue weighted by atomic mass is 10.0. The lowest BCUT2D eigenvalue weighted by molar-refractivity contribution is -0.193. The summed E-state index contributed by atoms with van der Waals surface area (Å²) in [5.74, 6) is -4.50. The van der Waals surface area contributed by atoms with Gasteiger partial charge in [-0.3, -0.25) is 9.88 Å². The van der Waals surface area contributed by atoms with Gasteiger partial charge in [0, 0.05) is 48.7 Å². The summed E-state index contributed by atoms with van der Waals surface area (Å²) in [5, 5.41) is 14.2. The second-order valence-corrected chi connectivity index (χ2v) is 7.34. The van der Waals surface area contributed by atoms with E-state index in [4.69, 9.17) is 24.2 Å². The summed E-state index contributed by atoms with van der Waals surface area (Å²) in [5.41, 5.74) is 4.57. The summed E-state index contributed by atoms with van der Waals surface area (Å²) in [6.45, 7) is 2.82. The topological polar surface area (TPSA) is 130 Å². The first-order valence-corrected chi connectivity index (χ1v) is 10.4. The van der Waals surface area contributed by atoms with Crippen molar-refractivity contribution in [2.24, 2.45) is 0 Å². The lowest BCUT2D eigenvalue weighted by Gasteiger charge is -2.17. The van der Waals surface area contributed by atoms with Crippen LogP contribution in [0.5, 0.6) is 0 Å². The van der Waals surface area contributed by atoms with Crippen molar-refractivity contribution in [2.75, 3.05) is 13.1 Å². The van der Waals surface area contributed by atoms with Gasteiger partial charge in [-0.25, -0.2) is 19.6 Å². The van der Waals surface area contributed by atoms with E-state index in [1.165, 1.54) is 5.56 Å². The van der Waals surface area contributed by atoms with Crippen LogP contribution in [0, 0.1) is 0 Å². The Morgan fingerprint density at radius 2 is 1.49 bits per heavy atom. The molecule has 9 nitrogen and oxygen atoms in total. The molecule has 2 N–H and O–H groups in total. The lowest BCUT2D eigenvalue weighted by Crippen LogP contribution is -2.25. The van der Waals surface area contributed by atoms with Crippen molar-refractivity contribution >= 4 is 11.9 Å². The number of rotatable bonds is 3. The van der Waals surface area contributed by atoms with Crippen LogP contribution < -0.4 is 0 Å². The Balaban J connectivity index is 0.000000286. The van der Waals surface area contributed by atoms with E-state index in [2.05, 4.69) is 19.9 Å². The minimum atomic E-state index is -5.08. The third-order valence-electron chi connectivity index (χ3n) is 4.78. The number of aromatic nitrogens is 3. The van der Waals surface area contributed by atoms with Gasteiger partial charge in [0.15, 0.2) is 0 Å². The predicted molar refractivity (Wildman–Crippen MR) is 114 cm³/mol. The Kier molecular flexibility index (Phi) is 10.1. The van der Waals surface area contributed by atoms with Crippen LogP contribution >= 0.6 is 0 Å². The van der Waals surface area contributed by atoms with Gasteiger partial charge >= 0.3 is 24.3 Å². The molecule has 0 aliphatic carbocycles. The second kappa shape index (κ2) is 12.8. The summed E-state index contributed by atoms with van der Waals surface area (Å²) in [6, 6.07) is 7.98. The van der Waals surface area contributed by atoms with E-state index in [9.17, 15) is 26.3 Å². The van der Waals surface area contributed by atoms with Gasteiger partial charge in [-0.1, -0.05) is 0 Å². The minimum absolute atomic E-state index is 0.846. The molecular formula is C22H20F6N4O5. The van der Waals surface area contributed by atoms with Crippen molar-refractivity contribution in [1.82, 2.24) is 19.9 Å². The quantitative estimate of drug-likeness (QED) is 0.479. The molecule has 0 unspecified atom stereocenters. The second-order valence-electron chi connectivity index (χ2n) is 7.34. The molecule has 0 aromatic carbocycles. The van der Waals surface area contributed by atoms with Crippen molar-refractivity contribution in [3.05, 3.63) is 66.3 Å². The zero-order chi connectivity index (χ0) is 27.6. The zero-order valence-corrected chi connectivity index (χ0v) is 18.8. The molecule has 4 rings (SSSR count). The van der Waals surface area contributed by atoms with Crippen LogP contribution in [0.15, 0.2) is 53.7 Å². The van der Waals surface area contributed by atoms with Gasteiger partial charge in [0.25, 0.3) is 0 Å². The molecule has 0 spiro atoms. The van der Waals surface area contributed by atoms with Crippen LogP contribution in [-0.4, -0.2) is 67.4 Å². The smallest absolute Gasteiger partial charge is 0.475 e. The van der Waals surface area contributed by atoms with Crippen LogP contribution in [0.2, 0.25) is 0 Å². The number of carbonyl (C=O) groups is 2. The molecule has 0 atom stereocenters. The number of hydrogen-bond acceptors (Lipinski definition) is 7. The fraction of sp³-hybridized carbons (Fsp3) is 0.318. The molecule has 3 aromatic rings. The van der Waals surface area contributed by atoms with Crippen molar-refractivity contribution in [3.8, 4) is 11.3 Å². The number of nitrogens with zero attached hydrogens (tertiary/aromatic N) is 4. The highest BCUT2D eigenvalue weighted by atomic mass is 19.4. The van der Waals surface area contributed by atoms with E-state index in [1.807, 2.05) is 36.7 Å². The van der Waals surface area contributed by atoms with Crippen LogP contribution in [0.3, 0.4) is 0 Å². The molecule has 0 saturated heterocycles. The van der Waals surface area contributed by atoms with Crippen LogP contribution in [0.4, 0.5) is 26.3 Å². The monoisotopic (exact) mass is 534 g/mol. The number of aliphatic carboxylic acids is 2. The first-order chi connectivity index (χ1) is 17.3. The average molecular weight is 534 g/mol. The molecule has 0 saturated carbocycles.